The maximum Gasteiger partial charge on any atom is 0.181 e. The molecular formula is C24H15FN6. The van der Waals surface area contributed by atoms with Crippen molar-refractivity contribution in [1.82, 2.24) is 30.1 Å². The molecule has 0 amide bonds. The van der Waals surface area contributed by atoms with Gasteiger partial charge in [-0.1, -0.05) is 18.2 Å². The molecule has 0 aliphatic carbocycles. The Morgan fingerprint density at radius 1 is 0.774 bits per heavy atom. The number of benzene rings is 1. The molecule has 7 heteroatoms. The van der Waals surface area contributed by atoms with E-state index in [0.29, 0.717) is 5.65 Å². The average Bonchev–Trinajstić information content (AvgIpc) is 3.43. The van der Waals surface area contributed by atoms with Gasteiger partial charge in [0, 0.05) is 46.7 Å². The molecule has 6 nitrogen and oxygen atoms in total. The first-order chi connectivity index (χ1) is 15.3. The number of halogens is 1. The number of hydrogen-bond acceptors (Lipinski definition) is 4. The standard InChI is InChI=1S/C24H15FN6/c25-17-5-3-14(4-6-17)18-7-9-27-23-19(18)11-21(29-23)22-20-10-16(13-28-24(20)31-30-22)15-2-1-8-26-12-15/h1-13H,(H,27,29)(H,28,30,31). The number of aromatic nitrogens is 6. The van der Waals surface area contributed by atoms with Crippen LogP contribution in [0.1, 0.15) is 0 Å². The predicted octanol–water partition coefficient (Wildman–Crippen LogP) is 5.37. The lowest BCUT2D eigenvalue weighted by molar-refractivity contribution is 0.628. The Hall–Kier alpha value is -4.39. The molecule has 0 unspecified atom stereocenters. The third-order valence-electron chi connectivity index (χ3n) is 5.36. The van der Waals surface area contributed by atoms with Gasteiger partial charge >= 0.3 is 0 Å². The lowest BCUT2D eigenvalue weighted by Crippen LogP contribution is -1.83. The van der Waals surface area contributed by atoms with E-state index in [-0.39, 0.29) is 5.82 Å². The molecule has 0 aliphatic heterocycles. The molecule has 148 valence electrons. The second kappa shape index (κ2) is 6.84. The number of hydrogen-bond donors (Lipinski definition) is 2. The van der Waals surface area contributed by atoms with Crippen molar-refractivity contribution in [2.75, 3.05) is 0 Å². The lowest BCUT2D eigenvalue weighted by atomic mass is 10.0. The topological polar surface area (TPSA) is 83.1 Å². The second-order valence-electron chi connectivity index (χ2n) is 7.25. The minimum absolute atomic E-state index is 0.260. The van der Waals surface area contributed by atoms with Crippen molar-refractivity contribution in [2.45, 2.75) is 0 Å². The minimum atomic E-state index is -0.260. The molecule has 5 aromatic heterocycles. The molecule has 0 atom stereocenters. The number of fused-ring (bicyclic) bond motifs is 2. The number of H-pyrrole nitrogens is 2. The Morgan fingerprint density at radius 2 is 1.68 bits per heavy atom. The number of rotatable bonds is 3. The quantitative estimate of drug-likeness (QED) is 0.414. The molecule has 2 N–H and O–H groups in total. The van der Waals surface area contributed by atoms with Crippen molar-refractivity contribution in [1.29, 1.82) is 0 Å². The van der Waals surface area contributed by atoms with E-state index in [2.05, 4.69) is 36.2 Å². The van der Waals surface area contributed by atoms with Crippen molar-refractivity contribution < 1.29 is 4.39 Å². The number of pyridine rings is 3. The molecule has 0 aliphatic rings. The summed E-state index contributed by atoms with van der Waals surface area (Å²) >= 11 is 0. The molecule has 0 saturated carbocycles. The summed E-state index contributed by atoms with van der Waals surface area (Å²) in [6, 6.07) is 16.4. The van der Waals surface area contributed by atoms with Crippen LogP contribution in [0, 0.1) is 5.82 Å². The zero-order valence-corrected chi connectivity index (χ0v) is 16.2. The van der Waals surface area contributed by atoms with E-state index in [1.54, 1.807) is 30.7 Å². The Kier molecular flexibility index (Phi) is 3.86. The Morgan fingerprint density at radius 3 is 2.52 bits per heavy atom. The number of aromatic amines is 2. The van der Waals surface area contributed by atoms with E-state index >= 15 is 0 Å². The molecule has 5 heterocycles. The third kappa shape index (κ3) is 2.95. The van der Waals surface area contributed by atoms with Crippen LogP contribution in [0.3, 0.4) is 0 Å². The van der Waals surface area contributed by atoms with Crippen LogP contribution in [0.25, 0.3) is 55.7 Å². The minimum Gasteiger partial charge on any atom is -0.338 e. The highest BCUT2D eigenvalue weighted by Crippen LogP contribution is 2.33. The van der Waals surface area contributed by atoms with Gasteiger partial charge in [0.25, 0.3) is 0 Å². The van der Waals surface area contributed by atoms with Crippen LogP contribution in [0.5, 0.6) is 0 Å². The summed E-state index contributed by atoms with van der Waals surface area (Å²) < 4.78 is 13.4. The van der Waals surface area contributed by atoms with E-state index in [9.17, 15) is 4.39 Å². The highest BCUT2D eigenvalue weighted by molar-refractivity contribution is 5.99. The first-order valence-corrected chi connectivity index (χ1v) is 9.75. The predicted molar refractivity (Wildman–Crippen MR) is 118 cm³/mol. The zero-order chi connectivity index (χ0) is 20.8. The fourth-order valence-electron chi connectivity index (χ4n) is 3.84. The van der Waals surface area contributed by atoms with Gasteiger partial charge in [0.15, 0.2) is 5.65 Å². The van der Waals surface area contributed by atoms with E-state index < -0.39 is 0 Å². The van der Waals surface area contributed by atoms with Gasteiger partial charge in [-0.3, -0.25) is 10.1 Å². The van der Waals surface area contributed by atoms with Crippen molar-refractivity contribution in [3.63, 3.8) is 0 Å². The summed E-state index contributed by atoms with van der Waals surface area (Å²) in [5, 5.41) is 9.30. The van der Waals surface area contributed by atoms with E-state index in [4.69, 9.17) is 0 Å². The van der Waals surface area contributed by atoms with Crippen LogP contribution < -0.4 is 0 Å². The Bertz CT molecular complexity index is 1530. The van der Waals surface area contributed by atoms with Crippen molar-refractivity contribution in [3.05, 3.63) is 85.2 Å². The fraction of sp³-hybridized carbons (Fsp3) is 0. The van der Waals surface area contributed by atoms with E-state index in [1.165, 1.54) is 12.1 Å². The molecule has 1 aromatic carbocycles. The molecule has 0 radical (unpaired) electrons. The van der Waals surface area contributed by atoms with Crippen LogP contribution in [0.2, 0.25) is 0 Å². The molecule has 6 rings (SSSR count). The van der Waals surface area contributed by atoms with E-state index in [1.807, 2.05) is 30.5 Å². The largest absolute Gasteiger partial charge is 0.338 e. The molecule has 31 heavy (non-hydrogen) atoms. The average molecular weight is 406 g/mol. The van der Waals surface area contributed by atoms with Crippen LogP contribution in [-0.2, 0) is 0 Å². The van der Waals surface area contributed by atoms with Gasteiger partial charge in [-0.2, -0.15) is 5.10 Å². The number of nitrogens with zero attached hydrogens (tertiary/aromatic N) is 4. The highest BCUT2D eigenvalue weighted by Gasteiger charge is 2.15. The molecule has 0 fully saturated rings. The smallest absolute Gasteiger partial charge is 0.181 e. The first kappa shape index (κ1) is 17.5. The van der Waals surface area contributed by atoms with Crippen LogP contribution in [-0.4, -0.2) is 30.1 Å². The molecule has 0 spiro atoms. The van der Waals surface area contributed by atoms with Crippen LogP contribution in [0.4, 0.5) is 4.39 Å². The zero-order valence-electron chi connectivity index (χ0n) is 16.2. The maximum atomic E-state index is 13.4. The molecular weight excluding hydrogens is 391 g/mol. The summed E-state index contributed by atoms with van der Waals surface area (Å²) in [6.45, 7) is 0. The van der Waals surface area contributed by atoms with Gasteiger partial charge in [-0.25, -0.2) is 14.4 Å². The summed E-state index contributed by atoms with van der Waals surface area (Å²) in [4.78, 5) is 16.5. The van der Waals surface area contributed by atoms with Crippen LogP contribution in [0.15, 0.2) is 79.4 Å². The summed E-state index contributed by atoms with van der Waals surface area (Å²) in [5.41, 5.74) is 6.91. The lowest BCUT2D eigenvalue weighted by Gasteiger charge is -2.02. The fourth-order valence-corrected chi connectivity index (χ4v) is 3.84. The Balaban J connectivity index is 1.51. The first-order valence-electron chi connectivity index (χ1n) is 9.75. The summed E-state index contributed by atoms with van der Waals surface area (Å²) in [5.74, 6) is -0.260. The Labute approximate surface area is 175 Å². The van der Waals surface area contributed by atoms with Crippen LogP contribution >= 0.6 is 0 Å². The monoisotopic (exact) mass is 406 g/mol. The van der Waals surface area contributed by atoms with Crippen molar-refractivity contribution in [3.8, 4) is 33.6 Å². The van der Waals surface area contributed by atoms with Gasteiger partial charge in [0.05, 0.1) is 11.4 Å². The van der Waals surface area contributed by atoms with Gasteiger partial charge in [-0.05, 0) is 47.5 Å². The van der Waals surface area contributed by atoms with E-state index in [0.717, 1.165) is 50.1 Å². The normalized spacial score (nSPS) is 11.4. The van der Waals surface area contributed by atoms with Gasteiger partial charge in [0.2, 0.25) is 0 Å². The molecule has 0 bridgehead atoms. The van der Waals surface area contributed by atoms with Gasteiger partial charge < -0.3 is 4.98 Å². The van der Waals surface area contributed by atoms with Crippen molar-refractivity contribution in [2.24, 2.45) is 0 Å². The number of nitrogens with one attached hydrogen (secondary N) is 2. The summed E-state index contributed by atoms with van der Waals surface area (Å²) in [7, 11) is 0. The van der Waals surface area contributed by atoms with Gasteiger partial charge in [0.1, 0.15) is 11.5 Å². The summed E-state index contributed by atoms with van der Waals surface area (Å²) in [6.07, 6.45) is 7.09. The maximum absolute atomic E-state index is 13.4. The van der Waals surface area contributed by atoms with Gasteiger partial charge in [-0.15, -0.1) is 0 Å². The van der Waals surface area contributed by atoms with Crippen molar-refractivity contribution >= 4 is 22.1 Å². The second-order valence-corrected chi connectivity index (χ2v) is 7.25. The molecule has 6 aromatic rings. The third-order valence-corrected chi connectivity index (χ3v) is 5.36. The SMILES string of the molecule is Fc1ccc(-c2ccnc3[nH]c(-c4[nH]nc5ncc(-c6cccnc6)cc45)cc23)cc1. The highest BCUT2D eigenvalue weighted by atomic mass is 19.1. The molecule has 0 saturated heterocycles.